The molecule has 1 atom stereocenters. The van der Waals surface area contributed by atoms with Crippen molar-refractivity contribution in [2.45, 2.75) is 31.2 Å². The van der Waals surface area contributed by atoms with Crippen LogP contribution < -0.4 is 16.0 Å². The predicted octanol–water partition coefficient (Wildman–Crippen LogP) is 1.59. The van der Waals surface area contributed by atoms with Crippen molar-refractivity contribution in [1.29, 1.82) is 0 Å². The molecule has 0 aliphatic rings. The van der Waals surface area contributed by atoms with Crippen LogP contribution >= 0.6 is 12.0 Å². The Hall–Kier alpha value is -1.28. The Labute approximate surface area is 116 Å². The Morgan fingerprint density at radius 1 is 1.53 bits per heavy atom. The molecule has 0 radical (unpaired) electrons. The van der Waals surface area contributed by atoms with Crippen LogP contribution in [0.5, 0.6) is 5.75 Å². The monoisotopic (exact) mass is 286 g/mol. The number of carbonyl (C=O) groups is 1. The molecule has 0 saturated carbocycles. The molecule has 1 aromatic rings. The molecule has 106 valence electrons. The Balaban J connectivity index is 2.76. The lowest BCUT2D eigenvalue weighted by atomic mass is 10.1. The van der Waals surface area contributed by atoms with Gasteiger partial charge in [-0.3, -0.25) is 4.79 Å². The highest BCUT2D eigenvalue weighted by atomic mass is 32.2. The van der Waals surface area contributed by atoms with Crippen molar-refractivity contribution in [1.82, 2.24) is 5.32 Å². The van der Waals surface area contributed by atoms with E-state index in [9.17, 15) is 4.79 Å². The number of benzene rings is 1. The van der Waals surface area contributed by atoms with Crippen LogP contribution in [-0.4, -0.2) is 19.1 Å². The van der Waals surface area contributed by atoms with E-state index in [4.69, 9.17) is 10.6 Å². The minimum atomic E-state index is -0.0459. The first-order chi connectivity index (χ1) is 9.06. The largest absolute Gasteiger partial charge is 0.495 e. The zero-order chi connectivity index (χ0) is 14.3. The summed E-state index contributed by atoms with van der Waals surface area (Å²) in [5, 5.41) is 2.83. The van der Waals surface area contributed by atoms with Crippen molar-refractivity contribution >= 4 is 17.9 Å². The lowest BCUT2D eigenvalue weighted by molar-refractivity contribution is -0.195. The highest BCUT2D eigenvalue weighted by molar-refractivity contribution is 7.94. The summed E-state index contributed by atoms with van der Waals surface area (Å²) in [6.07, 6.45) is 0.709. The van der Waals surface area contributed by atoms with Gasteiger partial charge in [0.1, 0.15) is 5.75 Å². The molecule has 0 spiro atoms. The summed E-state index contributed by atoms with van der Waals surface area (Å²) in [6, 6.07) is 5.72. The van der Waals surface area contributed by atoms with E-state index in [0.717, 1.165) is 22.5 Å². The SMILES string of the molecule is COc1ccc(CC(C)NC(C)=O)cc1SOON. The number of amides is 1. The van der Waals surface area contributed by atoms with Gasteiger partial charge in [0.05, 0.1) is 24.0 Å². The summed E-state index contributed by atoms with van der Waals surface area (Å²) in [7, 11) is 1.57. The maximum absolute atomic E-state index is 11.0. The van der Waals surface area contributed by atoms with Gasteiger partial charge in [0, 0.05) is 13.0 Å². The van der Waals surface area contributed by atoms with Gasteiger partial charge >= 0.3 is 0 Å². The molecule has 1 aromatic carbocycles. The fourth-order valence-corrected chi connectivity index (χ4v) is 2.27. The second kappa shape index (κ2) is 8.00. The Kier molecular flexibility index (Phi) is 6.65. The second-order valence-corrected chi connectivity index (χ2v) is 4.78. The average molecular weight is 286 g/mol. The van der Waals surface area contributed by atoms with Gasteiger partial charge in [-0.05, 0) is 31.0 Å². The third kappa shape index (κ3) is 5.48. The summed E-state index contributed by atoms with van der Waals surface area (Å²) in [6.45, 7) is 3.44. The molecule has 0 fully saturated rings. The topological polar surface area (TPSA) is 82.8 Å². The Morgan fingerprint density at radius 3 is 2.84 bits per heavy atom. The van der Waals surface area contributed by atoms with E-state index in [1.165, 1.54) is 6.92 Å². The number of nitrogens with one attached hydrogen (secondary N) is 1. The fourth-order valence-electron chi connectivity index (χ4n) is 1.72. The van der Waals surface area contributed by atoms with Crippen LogP contribution in [0.25, 0.3) is 0 Å². The second-order valence-electron chi connectivity index (χ2n) is 4.04. The third-order valence-corrected chi connectivity index (χ3v) is 3.03. The zero-order valence-corrected chi connectivity index (χ0v) is 12.0. The highest BCUT2D eigenvalue weighted by Crippen LogP contribution is 2.31. The first-order valence-corrected chi connectivity index (χ1v) is 6.45. The quantitative estimate of drug-likeness (QED) is 0.450. The number of hydrogen-bond acceptors (Lipinski definition) is 6. The lowest BCUT2D eigenvalue weighted by Crippen LogP contribution is -2.32. The molecule has 3 N–H and O–H groups in total. The zero-order valence-electron chi connectivity index (χ0n) is 11.1. The first-order valence-electron chi connectivity index (χ1n) is 5.71. The fraction of sp³-hybridized carbons (Fsp3) is 0.417. The summed E-state index contributed by atoms with van der Waals surface area (Å²) < 4.78 is 9.83. The highest BCUT2D eigenvalue weighted by Gasteiger charge is 2.10. The van der Waals surface area contributed by atoms with Crippen LogP contribution in [0.2, 0.25) is 0 Å². The van der Waals surface area contributed by atoms with Gasteiger partial charge < -0.3 is 10.1 Å². The lowest BCUT2D eigenvalue weighted by Gasteiger charge is -2.14. The van der Waals surface area contributed by atoms with Crippen LogP contribution in [0.3, 0.4) is 0 Å². The van der Waals surface area contributed by atoms with Crippen LogP contribution in [-0.2, 0) is 20.5 Å². The van der Waals surface area contributed by atoms with E-state index >= 15 is 0 Å². The van der Waals surface area contributed by atoms with E-state index in [0.29, 0.717) is 12.2 Å². The summed E-state index contributed by atoms with van der Waals surface area (Å²) in [4.78, 5) is 15.8. The van der Waals surface area contributed by atoms with Crippen molar-refractivity contribution in [2.75, 3.05) is 7.11 Å². The van der Waals surface area contributed by atoms with Gasteiger partial charge in [-0.2, -0.15) is 5.90 Å². The van der Waals surface area contributed by atoms with Crippen molar-refractivity contribution in [3.8, 4) is 5.75 Å². The van der Waals surface area contributed by atoms with Crippen LogP contribution in [0, 0.1) is 0 Å². The molecule has 1 amide bonds. The van der Waals surface area contributed by atoms with Gasteiger partial charge in [0.15, 0.2) is 0 Å². The number of methoxy groups -OCH3 is 1. The summed E-state index contributed by atoms with van der Waals surface area (Å²) >= 11 is 0.967. The van der Waals surface area contributed by atoms with Crippen molar-refractivity contribution in [3.63, 3.8) is 0 Å². The van der Waals surface area contributed by atoms with E-state index in [2.05, 4.69) is 14.6 Å². The Morgan fingerprint density at radius 2 is 2.26 bits per heavy atom. The normalized spacial score (nSPS) is 12.0. The molecule has 7 heteroatoms. The molecular formula is C12H18N2O4S. The predicted molar refractivity (Wildman–Crippen MR) is 72.2 cm³/mol. The number of carbonyl (C=O) groups excluding carboxylic acids is 1. The van der Waals surface area contributed by atoms with Gasteiger partial charge in [-0.25, -0.2) is 0 Å². The number of nitrogens with two attached hydrogens (primary N) is 1. The van der Waals surface area contributed by atoms with Crippen LogP contribution in [0.15, 0.2) is 23.1 Å². The molecule has 0 aromatic heterocycles. The van der Waals surface area contributed by atoms with E-state index in [-0.39, 0.29) is 11.9 Å². The summed E-state index contributed by atoms with van der Waals surface area (Å²) in [5.74, 6) is 5.43. The molecule has 0 aliphatic heterocycles. The molecule has 1 unspecified atom stereocenters. The van der Waals surface area contributed by atoms with E-state index in [1.807, 2.05) is 25.1 Å². The van der Waals surface area contributed by atoms with Gasteiger partial charge in [0.25, 0.3) is 0 Å². The number of hydrogen-bond donors (Lipinski definition) is 2. The van der Waals surface area contributed by atoms with Crippen molar-refractivity contribution in [3.05, 3.63) is 23.8 Å². The van der Waals surface area contributed by atoms with Gasteiger partial charge in [0.2, 0.25) is 5.91 Å². The molecule has 1 rings (SSSR count). The van der Waals surface area contributed by atoms with Crippen molar-refractivity contribution in [2.24, 2.45) is 5.90 Å². The van der Waals surface area contributed by atoms with E-state index < -0.39 is 0 Å². The smallest absolute Gasteiger partial charge is 0.217 e. The minimum Gasteiger partial charge on any atom is -0.495 e. The van der Waals surface area contributed by atoms with Crippen LogP contribution in [0.1, 0.15) is 19.4 Å². The molecule has 0 bridgehead atoms. The van der Waals surface area contributed by atoms with Crippen molar-refractivity contribution < 1.29 is 18.9 Å². The first kappa shape index (κ1) is 15.8. The maximum Gasteiger partial charge on any atom is 0.217 e. The average Bonchev–Trinajstić information content (AvgIpc) is 2.35. The third-order valence-electron chi connectivity index (χ3n) is 2.38. The van der Waals surface area contributed by atoms with Gasteiger partial charge in [-0.1, -0.05) is 6.07 Å². The Bertz CT molecular complexity index is 428. The molecular weight excluding hydrogens is 268 g/mol. The minimum absolute atomic E-state index is 0.0459. The number of ether oxygens (including phenoxy) is 1. The summed E-state index contributed by atoms with van der Waals surface area (Å²) in [5.41, 5.74) is 1.05. The molecule has 0 heterocycles. The molecule has 0 aliphatic carbocycles. The molecule has 19 heavy (non-hydrogen) atoms. The standard InChI is InChI=1S/C12H18N2O4S/c1-8(14-9(2)15)6-10-4-5-11(16-3)12(7-10)19-18-17-13/h4-5,7-8H,6,13H2,1-3H3,(H,14,15). The maximum atomic E-state index is 11.0. The van der Waals surface area contributed by atoms with Crippen LogP contribution in [0.4, 0.5) is 0 Å². The molecule has 6 nitrogen and oxygen atoms in total. The number of rotatable bonds is 7. The molecule has 0 saturated heterocycles. The van der Waals surface area contributed by atoms with E-state index in [1.54, 1.807) is 7.11 Å². The van der Waals surface area contributed by atoms with Gasteiger partial charge in [-0.15, -0.1) is 9.32 Å².